The molecule has 0 aromatic heterocycles. The van der Waals surface area contributed by atoms with Crippen LogP contribution in [0.4, 0.5) is 13.2 Å². The van der Waals surface area contributed by atoms with Crippen molar-refractivity contribution in [3.05, 3.63) is 0 Å². The maximum absolute atomic E-state index is 12.5. The molecule has 0 N–H and O–H groups in total. The lowest BCUT2D eigenvalue weighted by Crippen LogP contribution is -2.45. The molecule has 2 aliphatic heterocycles. The number of alkyl halides is 3. The van der Waals surface area contributed by atoms with Gasteiger partial charge in [-0.2, -0.15) is 13.2 Å². The van der Waals surface area contributed by atoms with E-state index < -0.39 is 19.0 Å². The van der Waals surface area contributed by atoms with Gasteiger partial charge < -0.3 is 14.5 Å². The molecule has 3 rings (SSSR count). The van der Waals surface area contributed by atoms with E-state index in [9.17, 15) is 18.0 Å². The molecule has 156 valence electrons. The van der Waals surface area contributed by atoms with Gasteiger partial charge >= 0.3 is 6.18 Å². The first kappa shape index (κ1) is 20.9. The first-order valence-electron chi connectivity index (χ1n) is 10.6. The summed E-state index contributed by atoms with van der Waals surface area (Å²) >= 11 is 0. The molecular formula is C20H33F3N2O2. The maximum Gasteiger partial charge on any atom is 0.389 e. The van der Waals surface area contributed by atoms with Crippen molar-refractivity contribution in [1.82, 2.24) is 9.80 Å². The van der Waals surface area contributed by atoms with E-state index in [-0.39, 0.29) is 12.0 Å². The fraction of sp³-hybridized carbons (Fsp3) is 0.950. The van der Waals surface area contributed by atoms with E-state index in [1.807, 2.05) is 0 Å². The Balaban J connectivity index is 1.50. The molecule has 3 fully saturated rings. The van der Waals surface area contributed by atoms with Crippen molar-refractivity contribution in [3.63, 3.8) is 0 Å². The number of hydrogen-bond acceptors (Lipinski definition) is 3. The average molecular weight is 390 g/mol. The molecule has 1 amide bonds. The summed E-state index contributed by atoms with van der Waals surface area (Å²) in [7, 11) is 0. The molecule has 2 saturated heterocycles. The van der Waals surface area contributed by atoms with Crippen molar-refractivity contribution in [3.8, 4) is 0 Å². The van der Waals surface area contributed by atoms with Gasteiger partial charge in [0.2, 0.25) is 5.91 Å². The van der Waals surface area contributed by atoms with Crippen LogP contribution in [-0.4, -0.2) is 66.8 Å². The third-order valence-electron chi connectivity index (χ3n) is 6.39. The van der Waals surface area contributed by atoms with Gasteiger partial charge in [0.15, 0.2) is 0 Å². The molecule has 0 aromatic rings. The zero-order valence-corrected chi connectivity index (χ0v) is 16.2. The Kier molecular flexibility index (Phi) is 7.42. The second-order valence-corrected chi connectivity index (χ2v) is 8.47. The van der Waals surface area contributed by atoms with Crippen molar-refractivity contribution in [1.29, 1.82) is 0 Å². The Labute approximate surface area is 160 Å². The van der Waals surface area contributed by atoms with Crippen LogP contribution in [0.25, 0.3) is 0 Å². The third kappa shape index (κ3) is 6.63. The fourth-order valence-corrected chi connectivity index (χ4v) is 4.80. The molecule has 0 spiro atoms. The summed E-state index contributed by atoms with van der Waals surface area (Å²) in [5.74, 6) is 0.0138. The summed E-state index contributed by atoms with van der Waals surface area (Å²) in [4.78, 5) is 16.7. The first-order chi connectivity index (χ1) is 12.9. The van der Waals surface area contributed by atoms with Gasteiger partial charge in [0.1, 0.15) is 0 Å². The Morgan fingerprint density at radius 3 is 2.30 bits per heavy atom. The molecule has 0 radical (unpaired) electrons. The Bertz CT molecular complexity index is 466. The number of carbonyl (C=O) groups is 1. The van der Waals surface area contributed by atoms with Crippen molar-refractivity contribution in [2.45, 2.75) is 82.5 Å². The molecule has 0 bridgehead atoms. The minimum Gasteiger partial charge on any atom is -0.376 e. The number of halogens is 3. The summed E-state index contributed by atoms with van der Waals surface area (Å²) in [6.45, 7) is 3.82. The van der Waals surface area contributed by atoms with Crippen LogP contribution in [0, 0.1) is 5.92 Å². The van der Waals surface area contributed by atoms with Gasteiger partial charge in [0.05, 0.1) is 12.5 Å². The van der Waals surface area contributed by atoms with Gasteiger partial charge in [-0.25, -0.2) is 0 Å². The molecule has 0 unspecified atom stereocenters. The molecule has 4 nitrogen and oxygen atoms in total. The summed E-state index contributed by atoms with van der Waals surface area (Å²) in [5, 5.41) is 0. The molecule has 1 saturated carbocycles. The number of rotatable bonds is 7. The summed E-state index contributed by atoms with van der Waals surface area (Å²) < 4.78 is 43.2. The van der Waals surface area contributed by atoms with Crippen LogP contribution in [0.3, 0.4) is 0 Å². The van der Waals surface area contributed by atoms with Crippen LogP contribution in [0.5, 0.6) is 0 Å². The predicted octanol–water partition coefficient (Wildman–Crippen LogP) is 3.99. The predicted molar refractivity (Wildman–Crippen MR) is 97.4 cm³/mol. The minimum atomic E-state index is -4.28. The van der Waals surface area contributed by atoms with Crippen LogP contribution >= 0.6 is 0 Å². The molecule has 3 aliphatic rings. The van der Waals surface area contributed by atoms with Gasteiger partial charge in [-0.05, 0) is 57.5 Å². The Hall–Kier alpha value is -0.820. The first-order valence-corrected chi connectivity index (χ1v) is 10.6. The van der Waals surface area contributed by atoms with Crippen LogP contribution in [0.15, 0.2) is 0 Å². The highest BCUT2D eigenvalue weighted by molar-refractivity contribution is 5.76. The lowest BCUT2D eigenvalue weighted by Gasteiger charge is -2.38. The van der Waals surface area contributed by atoms with Crippen molar-refractivity contribution in [2.24, 2.45) is 5.92 Å². The summed E-state index contributed by atoms with van der Waals surface area (Å²) in [6.07, 6.45) is 3.40. The van der Waals surface area contributed by atoms with E-state index >= 15 is 0 Å². The highest BCUT2D eigenvalue weighted by Crippen LogP contribution is 2.29. The largest absolute Gasteiger partial charge is 0.389 e. The number of hydrogen-bond donors (Lipinski definition) is 0. The summed E-state index contributed by atoms with van der Waals surface area (Å²) in [5.41, 5.74) is 0. The molecule has 1 atom stereocenters. The number of amides is 1. The fourth-order valence-electron chi connectivity index (χ4n) is 4.80. The highest BCUT2D eigenvalue weighted by Gasteiger charge is 2.32. The SMILES string of the molecule is O=C(CCC(F)(F)F)N(CC1CCN(C2CCCC2)CC1)C[C@H]1CCCO1. The van der Waals surface area contributed by atoms with Gasteiger partial charge in [-0.15, -0.1) is 0 Å². The van der Waals surface area contributed by atoms with Crippen molar-refractivity contribution in [2.75, 3.05) is 32.8 Å². The summed E-state index contributed by atoms with van der Waals surface area (Å²) in [6, 6.07) is 0.724. The topological polar surface area (TPSA) is 32.8 Å². The third-order valence-corrected chi connectivity index (χ3v) is 6.39. The maximum atomic E-state index is 12.5. The lowest BCUT2D eigenvalue weighted by atomic mass is 9.94. The minimum absolute atomic E-state index is 0.0154. The number of nitrogens with zero attached hydrogens (tertiary/aromatic N) is 2. The van der Waals surface area contributed by atoms with Gasteiger partial charge in [0, 0.05) is 32.2 Å². The van der Waals surface area contributed by atoms with Crippen molar-refractivity contribution < 1.29 is 22.7 Å². The van der Waals surface area contributed by atoms with E-state index in [0.717, 1.165) is 44.8 Å². The second kappa shape index (κ2) is 9.59. The quantitative estimate of drug-likeness (QED) is 0.659. The van der Waals surface area contributed by atoms with E-state index in [1.165, 1.54) is 25.7 Å². The standard InChI is InChI=1S/C20H33F3N2O2/c21-20(22,23)10-7-19(26)25(15-18-6-3-13-27-18)14-16-8-11-24(12-9-16)17-4-1-2-5-17/h16-18H,1-15H2/t18-/m1/s1. The molecule has 1 aliphatic carbocycles. The van der Waals surface area contributed by atoms with Crippen LogP contribution in [-0.2, 0) is 9.53 Å². The molecule has 27 heavy (non-hydrogen) atoms. The van der Waals surface area contributed by atoms with Gasteiger partial charge in [-0.1, -0.05) is 12.8 Å². The molecular weight excluding hydrogens is 357 g/mol. The van der Waals surface area contributed by atoms with E-state index in [4.69, 9.17) is 4.74 Å². The zero-order chi connectivity index (χ0) is 19.3. The van der Waals surface area contributed by atoms with E-state index in [0.29, 0.717) is 25.6 Å². The highest BCUT2D eigenvalue weighted by atomic mass is 19.4. The van der Waals surface area contributed by atoms with E-state index in [2.05, 4.69) is 4.90 Å². The number of ether oxygens (including phenoxy) is 1. The Morgan fingerprint density at radius 1 is 1.00 bits per heavy atom. The van der Waals surface area contributed by atoms with Crippen molar-refractivity contribution >= 4 is 5.91 Å². The normalized spacial score (nSPS) is 26.0. The van der Waals surface area contributed by atoms with E-state index in [1.54, 1.807) is 4.90 Å². The van der Waals surface area contributed by atoms with Gasteiger partial charge in [0.25, 0.3) is 0 Å². The smallest absolute Gasteiger partial charge is 0.376 e. The van der Waals surface area contributed by atoms with Crippen LogP contribution in [0.2, 0.25) is 0 Å². The molecule has 2 heterocycles. The second-order valence-electron chi connectivity index (χ2n) is 8.47. The number of piperidine rings is 1. The van der Waals surface area contributed by atoms with Gasteiger partial charge in [-0.3, -0.25) is 4.79 Å². The average Bonchev–Trinajstić information content (AvgIpc) is 3.33. The lowest BCUT2D eigenvalue weighted by molar-refractivity contribution is -0.150. The molecule has 7 heteroatoms. The van der Waals surface area contributed by atoms with Crippen LogP contribution in [0.1, 0.15) is 64.2 Å². The Morgan fingerprint density at radius 2 is 1.70 bits per heavy atom. The number of likely N-dealkylation sites (tertiary alicyclic amines) is 1. The molecule has 0 aromatic carbocycles. The monoisotopic (exact) mass is 390 g/mol. The number of carbonyl (C=O) groups excluding carboxylic acids is 1. The van der Waals surface area contributed by atoms with Crippen LogP contribution < -0.4 is 0 Å². The zero-order valence-electron chi connectivity index (χ0n) is 16.2.